The molecule has 2 aliphatic rings. The molecule has 2 atom stereocenters. The van der Waals surface area contributed by atoms with E-state index in [-0.39, 0.29) is 0 Å². The second-order valence-electron chi connectivity index (χ2n) is 8.17. The van der Waals surface area contributed by atoms with E-state index in [0.29, 0.717) is 0 Å². The Morgan fingerprint density at radius 2 is 1.86 bits per heavy atom. The minimum atomic E-state index is 0.762. The van der Waals surface area contributed by atoms with Gasteiger partial charge in [-0.25, -0.2) is 0 Å². The zero-order valence-corrected chi connectivity index (χ0v) is 15.6. The lowest BCUT2D eigenvalue weighted by Crippen LogP contribution is -2.31. The second-order valence-corrected chi connectivity index (χ2v) is 8.17. The molecule has 2 unspecified atom stereocenters. The highest BCUT2D eigenvalue weighted by Crippen LogP contribution is 2.46. The van der Waals surface area contributed by atoms with Gasteiger partial charge in [-0.3, -0.25) is 0 Å². The van der Waals surface area contributed by atoms with Crippen LogP contribution in [-0.4, -0.2) is 18.0 Å². The summed E-state index contributed by atoms with van der Waals surface area (Å²) in [4.78, 5) is 2.77. The monoisotopic (exact) mass is 303 g/mol. The molecule has 0 aliphatic heterocycles. The summed E-state index contributed by atoms with van der Waals surface area (Å²) in [6.45, 7) is 14.2. The summed E-state index contributed by atoms with van der Waals surface area (Å²) >= 11 is 0. The first-order chi connectivity index (χ1) is 10.5. The molecule has 1 nitrogen and oxygen atoms in total. The van der Waals surface area contributed by atoms with Crippen molar-refractivity contribution in [1.82, 2.24) is 4.90 Å². The first-order valence-corrected chi connectivity index (χ1v) is 9.60. The van der Waals surface area contributed by atoms with Crippen LogP contribution in [0.5, 0.6) is 0 Å². The molecule has 126 valence electrons. The summed E-state index contributed by atoms with van der Waals surface area (Å²) in [6, 6.07) is 0. The highest BCUT2D eigenvalue weighted by atomic mass is 15.2. The van der Waals surface area contributed by atoms with E-state index in [9.17, 15) is 0 Å². The molecule has 0 N–H and O–H groups in total. The topological polar surface area (TPSA) is 3.24 Å². The average molecular weight is 304 g/mol. The van der Waals surface area contributed by atoms with E-state index in [2.05, 4.69) is 51.7 Å². The number of hydrogen-bond acceptors (Lipinski definition) is 1. The number of rotatable bonds is 10. The molecule has 0 amide bonds. The molecule has 0 saturated heterocycles. The summed E-state index contributed by atoms with van der Waals surface area (Å²) in [5, 5.41) is 0. The van der Waals surface area contributed by atoms with Crippen LogP contribution in [0.2, 0.25) is 0 Å². The predicted molar refractivity (Wildman–Crippen MR) is 97.8 cm³/mol. The van der Waals surface area contributed by atoms with Crippen LogP contribution in [0.25, 0.3) is 0 Å². The molecule has 0 bridgehead atoms. The van der Waals surface area contributed by atoms with Gasteiger partial charge in [0.2, 0.25) is 0 Å². The quantitative estimate of drug-likeness (QED) is 0.445. The largest absolute Gasteiger partial charge is 0.374 e. The minimum absolute atomic E-state index is 0.762. The Bertz CT molecular complexity index is 396. The van der Waals surface area contributed by atoms with Crippen molar-refractivity contribution < 1.29 is 0 Å². The molecule has 0 heterocycles. The van der Waals surface area contributed by atoms with Crippen molar-refractivity contribution in [3.8, 4) is 0 Å². The van der Waals surface area contributed by atoms with Crippen molar-refractivity contribution in [3.05, 3.63) is 23.4 Å². The number of hydrogen-bond donors (Lipinski definition) is 0. The lowest BCUT2D eigenvalue weighted by atomic mass is 10.1. The zero-order chi connectivity index (χ0) is 16.1. The van der Waals surface area contributed by atoms with Crippen molar-refractivity contribution >= 4 is 0 Å². The summed E-state index contributed by atoms with van der Waals surface area (Å²) in [5.74, 6) is 3.60. The highest BCUT2D eigenvalue weighted by Gasteiger charge is 2.39. The lowest BCUT2D eigenvalue weighted by Gasteiger charge is -2.31. The Hall–Kier alpha value is -0.720. The number of allylic oxidation sites excluding steroid dienone is 4. The highest BCUT2D eigenvalue weighted by molar-refractivity contribution is 5.18. The standard InChI is InChI=1S/C21H37N/c1-6-7-8-9-10-19-13-20(19)15-22(14-16(2)3)21(17(4)5)18-11-12-18/h7-8,16,18-20H,6,9-15H2,1-5H3/b8-7-. The first-order valence-electron chi connectivity index (χ1n) is 9.60. The molecule has 0 radical (unpaired) electrons. The van der Waals surface area contributed by atoms with Crippen molar-refractivity contribution in [2.24, 2.45) is 23.7 Å². The average Bonchev–Trinajstić information content (AvgIpc) is 3.32. The predicted octanol–water partition coefficient (Wildman–Crippen LogP) is 6.03. The first kappa shape index (κ1) is 17.6. The van der Waals surface area contributed by atoms with Gasteiger partial charge in [-0.05, 0) is 76.0 Å². The van der Waals surface area contributed by atoms with E-state index < -0.39 is 0 Å². The molecule has 0 aromatic heterocycles. The van der Waals surface area contributed by atoms with Crippen LogP contribution in [0.4, 0.5) is 0 Å². The fourth-order valence-electron chi connectivity index (χ4n) is 3.82. The molecular weight excluding hydrogens is 266 g/mol. The Kier molecular flexibility index (Phi) is 6.59. The molecule has 2 saturated carbocycles. The van der Waals surface area contributed by atoms with Crippen molar-refractivity contribution in [2.75, 3.05) is 13.1 Å². The van der Waals surface area contributed by atoms with Gasteiger partial charge >= 0.3 is 0 Å². The van der Waals surface area contributed by atoms with Gasteiger partial charge < -0.3 is 4.90 Å². The van der Waals surface area contributed by atoms with E-state index in [1.54, 1.807) is 11.3 Å². The van der Waals surface area contributed by atoms with Crippen molar-refractivity contribution in [2.45, 2.75) is 73.1 Å². The van der Waals surface area contributed by atoms with Gasteiger partial charge in [0.05, 0.1) is 0 Å². The van der Waals surface area contributed by atoms with Gasteiger partial charge in [-0.15, -0.1) is 0 Å². The Morgan fingerprint density at radius 1 is 1.14 bits per heavy atom. The molecule has 2 fully saturated rings. The van der Waals surface area contributed by atoms with Crippen molar-refractivity contribution in [3.63, 3.8) is 0 Å². The van der Waals surface area contributed by atoms with Crippen LogP contribution in [0.1, 0.15) is 73.1 Å². The third-order valence-corrected chi connectivity index (χ3v) is 5.03. The van der Waals surface area contributed by atoms with Gasteiger partial charge in [-0.2, -0.15) is 0 Å². The van der Waals surface area contributed by atoms with E-state index in [1.807, 2.05) is 0 Å². The molecule has 0 spiro atoms. The Labute approximate surface area is 138 Å². The SMILES string of the molecule is CC/C=C\CCC1CC1CN(CC(C)C)C(=C(C)C)C1CC1. The van der Waals surface area contributed by atoms with E-state index in [0.717, 1.165) is 23.7 Å². The fraction of sp³-hybridized carbons (Fsp3) is 0.810. The van der Waals surface area contributed by atoms with E-state index in [1.165, 1.54) is 51.6 Å². The van der Waals surface area contributed by atoms with Gasteiger partial charge in [0.1, 0.15) is 0 Å². The fourth-order valence-corrected chi connectivity index (χ4v) is 3.82. The van der Waals surface area contributed by atoms with Crippen LogP contribution in [0.3, 0.4) is 0 Å². The summed E-state index contributed by atoms with van der Waals surface area (Å²) < 4.78 is 0. The van der Waals surface area contributed by atoms with Crippen LogP contribution in [0.15, 0.2) is 23.4 Å². The summed E-state index contributed by atoms with van der Waals surface area (Å²) in [7, 11) is 0. The maximum absolute atomic E-state index is 2.77. The molecule has 0 aromatic carbocycles. The van der Waals surface area contributed by atoms with Crippen LogP contribution >= 0.6 is 0 Å². The number of nitrogens with zero attached hydrogens (tertiary/aromatic N) is 1. The van der Waals surface area contributed by atoms with Crippen molar-refractivity contribution in [1.29, 1.82) is 0 Å². The van der Waals surface area contributed by atoms with E-state index in [4.69, 9.17) is 0 Å². The lowest BCUT2D eigenvalue weighted by molar-refractivity contribution is 0.271. The van der Waals surface area contributed by atoms with Crippen LogP contribution in [0, 0.1) is 23.7 Å². The maximum atomic E-state index is 2.77. The summed E-state index contributed by atoms with van der Waals surface area (Å²) in [5.41, 5.74) is 3.26. The zero-order valence-electron chi connectivity index (χ0n) is 15.6. The van der Waals surface area contributed by atoms with E-state index >= 15 is 0 Å². The van der Waals surface area contributed by atoms with Crippen LogP contribution in [-0.2, 0) is 0 Å². The summed E-state index contributed by atoms with van der Waals surface area (Å²) in [6.07, 6.45) is 12.9. The van der Waals surface area contributed by atoms with Gasteiger partial charge in [-0.1, -0.05) is 38.5 Å². The smallest absolute Gasteiger partial charge is 0.0206 e. The van der Waals surface area contributed by atoms with Gasteiger partial charge in [0, 0.05) is 18.8 Å². The molecule has 2 rings (SSSR count). The molecule has 0 aromatic rings. The molecule has 1 heteroatoms. The maximum Gasteiger partial charge on any atom is 0.0206 e. The van der Waals surface area contributed by atoms with Crippen LogP contribution < -0.4 is 0 Å². The minimum Gasteiger partial charge on any atom is -0.374 e. The molecule has 22 heavy (non-hydrogen) atoms. The Morgan fingerprint density at radius 3 is 2.41 bits per heavy atom. The second kappa shape index (κ2) is 8.22. The molecule has 2 aliphatic carbocycles. The third-order valence-electron chi connectivity index (χ3n) is 5.03. The third kappa shape index (κ3) is 5.48. The normalized spacial score (nSPS) is 24.1. The Balaban J connectivity index is 1.86. The van der Waals surface area contributed by atoms with Gasteiger partial charge in [0.25, 0.3) is 0 Å². The molecular formula is C21H37N. The van der Waals surface area contributed by atoms with Gasteiger partial charge in [0.15, 0.2) is 0 Å².